The minimum atomic E-state index is 0.110. The predicted octanol–water partition coefficient (Wildman–Crippen LogP) is 8.44. The van der Waals surface area contributed by atoms with E-state index in [9.17, 15) is 0 Å². The second-order valence-corrected chi connectivity index (χ2v) is 11.0. The lowest BCUT2D eigenvalue weighted by molar-refractivity contribution is 0.590. The minimum absolute atomic E-state index is 0.110. The summed E-state index contributed by atoms with van der Waals surface area (Å²) in [6.45, 7) is 13.6. The van der Waals surface area contributed by atoms with E-state index in [0.29, 0.717) is 0 Å². The highest BCUT2D eigenvalue weighted by atomic mass is 15.0. The molecule has 2 heteroatoms. The Morgan fingerprint density at radius 1 is 0.657 bits per heavy atom. The second-order valence-electron chi connectivity index (χ2n) is 11.0. The van der Waals surface area contributed by atoms with Crippen LogP contribution < -0.4 is 0 Å². The molecule has 3 aromatic carbocycles. The smallest absolute Gasteiger partial charge is 0.0541 e. The Morgan fingerprint density at radius 2 is 1.14 bits per heavy atom. The molecule has 0 bridgehead atoms. The average Bonchev–Trinajstić information content (AvgIpc) is 3.17. The van der Waals surface area contributed by atoms with Crippen molar-refractivity contribution in [2.75, 3.05) is 0 Å². The van der Waals surface area contributed by atoms with E-state index in [-0.39, 0.29) is 10.8 Å². The van der Waals surface area contributed by atoms with E-state index in [1.165, 1.54) is 32.9 Å². The number of rotatable bonds is 1. The van der Waals surface area contributed by atoms with Crippen LogP contribution >= 0.6 is 0 Å². The lowest BCUT2D eigenvalue weighted by atomic mass is 9.85. The fourth-order valence-electron chi connectivity index (χ4n) is 4.25. The van der Waals surface area contributed by atoms with E-state index in [4.69, 9.17) is 6.42 Å². The van der Waals surface area contributed by atoms with Crippen LogP contribution in [0.1, 0.15) is 58.2 Å². The highest BCUT2D eigenvalue weighted by Gasteiger charge is 2.20. The number of hydrogen-bond donors (Lipinski definition) is 0. The SMILES string of the molecule is C#Cc1ccc(-n2c3ccc(C(C)(C)C)cc3c3cc(C(C)(C)C)ccc32)cc1.c1ccncc1. The summed E-state index contributed by atoms with van der Waals surface area (Å²) in [6.07, 6.45) is 9.06. The summed E-state index contributed by atoms with van der Waals surface area (Å²) in [5, 5.41) is 2.61. The van der Waals surface area contributed by atoms with Gasteiger partial charge in [0.2, 0.25) is 0 Å². The second kappa shape index (κ2) is 9.43. The number of terminal acetylenes is 1. The summed E-state index contributed by atoms with van der Waals surface area (Å²) >= 11 is 0. The number of benzene rings is 3. The van der Waals surface area contributed by atoms with E-state index in [2.05, 4.69) is 106 Å². The summed E-state index contributed by atoms with van der Waals surface area (Å²) < 4.78 is 2.35. The van der Waals surface area contributed by atoms with Gasteiger partial charge in [-0.2, -0.15) is 0 Å². The van der Waals surface area contributed by atoms with Gasteiger partial charge >= 0.3 is 0 Å². The maximum atomic E-state index is 5.56. The molecule has 0 fully saturated rings. The maximum absolute atomic E-state index is 5.56. The van der Waals surface area contributed by atoms with Gasteiger partial charge in [-0.05, 0) is 82.6 Å². The van der Waals surface area contributed by atoms with Crippen LogP contribution in [0.3, 0.4) is 0 Å². The van der Waals surface area contributed by atoms with Crippen LogP contribution in [0.2, 0.25) is 0 Å². The topological polar surface area (TPSA) is 17.8 Å². The van der Waals surface area contributed by atoms with Crippen molar-refractivity contribution >= 4 is 21.8 Å². The van der Waals surface area contributed by atoms with E-state index in [0.717, 1.165) is 11.3 Å². The zero-order valence-electron chi connectivity index (χ0n) is 21.6. The third kappa shape index (κ3) is 5.15. The lowest BCUT2D eigenvalue weighted by Gasteiger charge is -2.19. The van der Waals surface area contributed by atoms with Crippen molar-refractivity contribution in [3.63, 3.8) is 0 Å². The first kappa shape index (κ1) is 24.3. The molecule has 0 aliphatic carbocycles. The summed E-state index contributed by atoms with van der Waals surface area (Å²) in [6, 6.07) is 27.8. The normalized spacial score (nSPS) is 11.7. The predicted molar refractivity (Wildman–Crippen MR) is 150 cm³/mol. The number of aromatic nitrogens is 2. The molecule has 2 aromatic heterocycles. The molecule has 0 aliphatic rings. The van der Waals surface area contributed by atoms with Crippen molar-refractivity contribution in [3.05, 3.63) is 108 Å². The first-order chi connectivity index (χ1) is 16.6. The fourth-order valence-corrected chi connectivity index (χ4v) is 4.25. The average molecular weight is 459 g/mol. The molecule has 0 N–H and O–H groups in total. The van der Waals surface area contributed by atoms with Crippen LogP contribution in [0.15, 0.2) is 91.3 Å². The molecule has 0 spiro atoms. The molecule has 0 unspecified atom stereocenters. The first-order valence-corrected chi connectivity index (χ1v) is 12.1. The molecule has 2 nitrogen and oxygen atoms in total. The van der Waals surface area contributed by atoms with E-state index >= 15 is 0 Å². The Hall–Kier alpha value is -3.83. The largest absolute Gasteiger partial charge is 0.309 e. The van der Waals surface area contributed by atoms with Crippen LogP contribution in [0.25, 0.3) is 27.5 Å². The van der Waals surface area contributed by atoms with E-state index < -0.39 is 0 Å². The van der Waals surface area contributed by atoms with Gasteiger partial charge in [-0.15, -0.1) is 6.42 Å². The van der Waals surface area contributed by atoms with Gasteiger partial charge in [0, 0.05) is 34.4 Å². The molecule has 0 atom stereocenters. The first-order valence-electron chi connectivity index (χ1n) is 12.1. The van der Waals surface area contributed by atoms with Crippen molar-refractivity contribution in [2.24, 2.45) is 0 Å². The van der Waals surface area contributed by atoms with Gasteiger partial charge in [0.1, 0.15) is 0 Å². The number of hydrogen-bond acceptors (Lipinski definition) is 1. The minimum Gasteiger partial charge on any atom is -0.309 e. The molecular weight excluding hydrogens is 424 g/mol. The Balaban J connectivity index is 0.000000421. The van der Waals surface area contributed by atoms with Crippen molar-refractivity contribution in [2.45, 2.75) is 52.4 Å². The fraction of sp³-hybridized carbons (Fsp3) is 0.242. The van der Waals surface area contributed by atoms with Gasteiger partial charge in [0.25, 0.3) is 0 Å². The van der Waals surface area contributed by atoms with Gasteiger partial charge in [0.05, 0.1) is 11.0 Å². The van der Waals surface area contributed by atoms with E-state index in [1.54, 1.807) is 12.4 Å². The molecule has 35 heavy (non-hydrogen) atoms. The quantitative estimate of drug-likeness (QED) is 0.230. The number of fused-ring (bicyclic) bond motifs is 3. The zero-order valence-corrected chi connectivity index (χ0v) is 21.6. The van der Waals surface area contributed by atoms with Gasteiger partial charge in [-0.25, -0.2) is 0 Å². The molecule has 5 rings (SSSR count). The Labute approximate surface area is 209 Å². The molecule has 0 radical (unpaired) electrons. The number of pyridine rings is 1. The molecule has 0 amide bonds. The summed E-state index contributed by atoms with van der Waals surface area (Å²) in [5.41, 5.74) is 7.42. The lowest BCUT2D eigenvalue weighted by Crippen LogP contribution is -2.10. The van der Waals surface area contributed by atoms with Crippen LogP contribution in [0.5, 0.6) is 0 Å². The van der Waals surface area contributed by atoms with Crippen molar-refractivity contribution in [3.8, 4) is 18.0 Å². The summed E-state index contributed by atoms with van der Waals surface area (Å²) in [7, 11) is 0. The van der Waals surface area contributed by atoms with Crippen LogP contribution in [0.4, 0.5) is 0 Å². The summed E-state index contributed by atoms with van der Waals surface area (Å²) in [5.74, 6) is 2.71. The Bertz CT molecular complexity index is 1390. The number of nitrogens with zero attached hydrogens (tertiary/aromatic N) is 2. The van der Waals surface area contributed by atoms with Crippen LogP contribution in [0, 0.1) is 12.3 Å². The standard InChI is InChI=1S/C28H29N.C5H5N/c1-8-19-9-13-22(14-10-19)29-25-15-11-20(27(2,3)4)17-23(25)24-18-21(28(5,6)7)12-16-26(24)29;1-2-4-6-5-3-1/h1,9-18H,2-7H3;1-5H. The van der Waals surface area contributed by atoms with Crippen molar-refractivity contribution in [1.82, 2.24) is 9.55 Å². The molecule has 0 saturated heterocycles. The molecule has 5 aromatic rings. The van der Waals surface area contributed by atoms with Crippen molar-refractivity contribution in [1.29, 1.82) is 0 Å². The molecule has 176 valence electrons. The third-order valence-corrected chi connectivity index (χ3v) is 6.36. The highest BCUT2D eigenvalue weighted by molar-refractivity contribution is 6.09. The third-order valence-electron chi connectivity index (χ3n) is 6.36. The summed E-state index contributed by atoms with van der Waals surface area (Å²) in [4.78, 5) is 3.78. The zero-order chi connectivity index (χ0) is 25.2. The maximum Gasteiger partial charge on any atom is 0.0541 e. The monoisotopic (exact) mass is 458 g/mol. The van der Waals surface area contributed by atoms with E-state index in [1.807, 2.05) is 30.3 Å². The van der Waals surface area contributed by atoms with Crippen LogP contribution in [-0.4, -0.2) is 9.55 Å². The van der Waals surface area contributed by atoms with Gasteiger partial charge < -0.3 is 4.57 Å². The van der Waals surface area contributed by atoms with Gasteiger partial charge in [-0.1, -0.05) is 65.7 Å². The molecule has 0 saturated carbocycles. The highest BCUT2D eigenvalue weighted by Crippen LogP contribution is 2.37. The van der Waals surface area contributed by atoms with Crippen molar-refractivity contribution < 1.29 is 0 Å². The van der Waals surface area contributed by atoms with Crippen LogP contribution in [-0.2, 0) is 10.8 Å². The van der Waals surface area contributed by atoms with Gasteiger partial charge in [0.15, 0.2) is 0 Å². The Kier molecular flexibility index (Phi) is 6.55. The Morgan fingerprint density at radius 3 is 1.49 bits per heavy atom. The van der Waals surface area contributed by atoms with Gasteiger partial charge in [-0.3, -0.25) is 4.98 Å². The molecule has 0 aliphatic heterocycles. The molecular formula is C33H34N2. The molecule has 2 heterocycles.